The summed E-state index contributed by atoms with van der Waals surface area (Å²) in [6, 6.07) is 17.9. The molecule has 1 heterocycles. The Morgan fingerprint density at radius 1 is 1.14 bits per heavy atom. The van der Waals surface area contributed by atoms with Crippen molar-refractivity contribution in [3.05, 3.63) is 65.7 Å². The van der Waals surface area contributed by atoms with Crippen LogP contribution in [0, 0.1) is 5.92 Å². The highest BCUT2D eigenvalue weighted by molar-refractivity contribution is 5.85. The van der Waals surface area contributed by atoms with Crippen LogP contribution in [-0.4, -0.2) is 37.5 Å². The second kappa shape index (κ2) is 10.5. The topological polar surface area (TPSA) is 41.6 Å². The van der Waals surface area contributed by atoms with E-state index in [2.05, 4.69) is 25.2 Å². The highest BCUT2D eigenvalue weighted by Gasteiger charge is 2.32. The number of likely N-dealkylation sites (tertiary alicyclic amines) is 1. The van der Waals surface area contributed by atoms with Gasteiger partial charge in [-0.2, -0.15) is 0 Å². The molecule has 152 valence electrons. The van der Waals surface area contributed by atoms with E-state index in [1.54, 1.807) is 0 Å². The third kappa shape index (κ3) is 5.49. The fourth-order valence-electron chi connectivity index (χ4n) is 3.63. The third-order valence-corrected chi connectivity index (χ3v) is 5.20. The number of ether oxygens (including phenoxy) is 1. The quantitative estimate of drug-likeness (QED) is 0.745. The van der Waals surface area contributed by atoms with E-state index in [1.807, 2.05) is 60.5 Å². The number of rotatable bonds is 7. The third-order valence-electron chi connectivity index (χ3n) is 5.20. The van der Waals surface area contributed by atoms with Gasteiger partial charge < -0.3 is 15.0 Å². The van der Waals surface area contributed by atoms with Crippen LogP contribution in [-0.2, 0) is 4.79 Å². The van der Waals surface area contributed by atoms with Crippen molar-refractivity contribution >= 4 is 18.3 Å². The number of amides is 1. The Balaban J connectivity index is 0.00000280. The normalized spacial score (nSPS) is 17.3. The Kier molecular flexibility index (Phi) is 8.34. The monoisotopic (exact) mass is 402 g/mol. The first kappa shape index (κ1) is 22.3. The molecule has 0 aliphatic carbocycles. The minimum Gasteiger partial charge on any atom is -0.476 e. The molecule has 1 aliphatic rings. The minimum atomic E-state index is -0.609. The average Bonchev–Trinajstić information content (AvgIpc) is 3.15. The highest BCUT2D eigenvalue weighted by atomic mass is 35.5. The lowest BCUT2D eigenvalue weighted by Gasteiger charge is -2.25. The SMILES string of the molecule is CNCC1CCN(C(=O)C(Oc2cccc(C(C)C)c2)c2ccccc2)C1.Cl. The lowest BCUT2D eigenvalue weighted by Crippen LogP contribution is -2.36. The smallest absolute Gasteiger partial charge is 0.268 e. The second-order valence-corrected chi connectivity index (χ2v) is 7.63. The summed E-state index contributed by atoms with van der Waals surface area (Å²) in [7, 11) is 1.96. The molecule has 2 aromatic carbocycles. The molecule has 3 rings (SSSR count). The van der Waals surface area contributed by atoms with E-state index in [0.29, 0.717) is 11.8 Å². The zero-order valence-electron chi connectivity index (χ0n) is 16.9. The van der Waals surface area contributed by atoms with E-state index in [9.17, 15) is 4.79 Å². The summed E-state index contributed by atoms with van der Waals surface area (Å²) in [5, 5.41) is 3.22. The molecular formula is C23H31ClN2O2. The molecular weight excluding hydrogens is 372 g/mol. The molecule has 2 aromatic rings. The summed E-state index contributed by atoms with van der Waals surface area (Å²) in [6.45, 7) is 6.84. The predicted octanol–water partition coefficient (Wildman–Crippen LogP) is 4.42. The molecule has 1 fully saturated rings. The first-order chi connectivity index (χ1) is 13.1. The van der Waals surface area contributed by atoms with Gasteiger partial charge in [-0.25, -0.2) is 0 Å². The van der Waals surface area contributed by atoms with Crippen LogP contribution in [0.5, 0.6) is 5.75 Å². The molecule has 0 bridgehead atoms. The fourth-order valence-corrected chi connectivity index (χ4v) is 3.63. The number of benzene rings is 2. The summed E-state index contributed by atoms with van der Waals surface area (Å²) in [4.78, 5) is 15.2. The summed E-state index contributed by atoms with van der Waals surface area (Å²) < 4.78 is 6.25. The minimum absolute atomic E-state index is 0. The number of carbonyl (C=O) groups excluding carboxylic acids is 1. The number of nitrogens with zero attached hydrogens (tertiary/aromatic N) is 1. The van der Waals surface area contributed by atoms with E-state index < -0.39 is 6.10 Å². The second-order valence-electron chi connectivity index (χ2n) is 7.63. The molecule has 2 atom stereocenters. The van der Waals surface area contributed by atoms with Crippen LogP contribution in [0.2, 0.25) is 0 Å². The van der Waals surface area contributed by atoms with E-state index in [0.717, 1.165) is 37.4 Å². The Labute approximate surface area is 174 Å². The van der Waals surface area contributed by atoms with Gasteiger partial charge in [0.1, 0.15) is 5.75 Å². The van der Waals surface area contributed by atoms with Crippen LogP contribution < -0.4 is 10.1 Å². The van der Waals surface area contributed by atoms with Crippen LogP contribution in [0.25, 0.3) is 0 Å². The Morgan fingerprint density at radius 2 is 1.86 bits per heavy atom. The molecule has 4 nitrogen and oxygen atoms in total. The molecule has 1 N–H and O–H groups in total. The van der Waals surface area contributed by atoms with Crippen molar-refractivity contribution in [2.24, 2.45) is 5.92 Å². The summed E-state index contributed by atoms with van der Waals surface area (Å²) in [5.74, 6) is 1.73. The zero-order valence-corrected chi connectivity index (χ0v) is 17.7. The number of carbonyl (C=O) groups is 1. The maximum atomic E-state index is 13.3. The van der Waals surface area contributed by atoms with Crippen molar-refractivity contribution in [1.82, 2.24) is 10.2 Å². The zero-order chi connectivity index (χ0) is 19.2. The summed E-state index contributed by atoms with van der Waals surface area (Å²) in [5.41, 5.74) is 2.11. The van der Waals surface area contributed by atoms with Crippen molar-refractivity contribution in [3.63, 3.8) is 0 Å². The van der Waals surface area contributed by atoms with Gasteiger partial charge in [-0.3, -0.25) is 4.79 Å². The van der Waals surface area contributed by atoms with Crippen LogP contribution in [0.15, 0.2) is 54.6 Å². The van der Waals surface area contributed by atoms with Crippen LogP contribution in [0.3, 0.4) is 0 Å². The number of hydrogen-bond donors (Lipinski definition) is 1. The molecule has 5 heteroatoms. The van der Waals surface area contributed by atoms with Gasteiger partial charge in [0, 0.05) is 18.7 Å². The molecule has 0 spiro atoms. The number of nitrogens with one attached hydrogen (secondary N) is 1. The van der Waals surface area contributed by atoms with E-state index >= 15 is 0 Å². The lowest BCUT2D eigenvalue weighted by molar-refractivity contribution is -0.138. The maximum Gasteiger partial charge on any atom is 0.268 e. The van der Waals surface area contributed by atoms with Crippen molar-refractivity contribution in [2.45, 2.75) is 32.3 Å². The van der Waals surface area contributed by atoms with Crippen molar-refractivity contribution < 1.29 is 9.53 Å². The van der Waals surface area contributed by atoms with Gasteiger partial charge in [-0.15, -0.1) is 12.4 Å². The predicted molar refractivity (Wildman–Crippen MR) is 116 cm³/mol. The summed E-state index contributed by atoms with van der Waals surface area (Å²) >= 11 is 0. The maximum absolute atomic E-state index is 13.3. The van der Waals surface area contributed by atoms with Crippen molar-refractivity contribution in [2.75, 3.05) is 26.7 Å². The van der Waals surface area contributed by atoms with Gasteiger partial charge >= 0.3 is 0 Å². The van der Waals surface area contributed by atoms with Crippen LogP contribution in [0.1, 0.15) is 43.4 Å². The molecule has 0 radical (unpaired) electrons. The molecule has 1 aliphatic heterocycles. The molecule has 2 unspecified atom stereocenters. The standard InChI is InChI=1S/C23H30N2O2.ClH/c1-17(2)20-10-7-11-21(14-20)27-22(19-8-5-4-6-9-19)23(26)25-13-12-18(16-25)15-24-3;/h4-11,14,17-18,22,24H,12-13,15-16H2,1-3H3;1H. The average molecular weight is 403 g/mol. The van der Waals surface area contributed by atoms with Crippen molar-refractivity contribution in [3.8, 4) is 5.75 Å². The largest absolute Gasteiger partial charge is 0.476 e. The van der Waals surface area contributed by atoms with Gasteiger partial charge in [0.05, 0.1) is 0 Å². The van der Waals surface area contributed by atoms with Gasteiger partial charge in [0.15, 0.2) is 0 Å². The number of hydrogen-bond acceptors (Lipinski definition) is 3. The van der Waals surface area contributed by atoms with E-state index in [1.165, 1.54) is 5.56 Å². The highest BCUT2D eigenvalue weighted by Crippen LogP contribution is 2.28. The molecule has 1 saturated heterocycles. The van der Waals surface area contributed by atoms with Crippen LogP contribution >= 0.6 is 12.4 Å². The van der Waals surface area contributed by atoms with E-state index in [4.69, 9.17) is 4.74 Å². The fraction of sp³-hybridized carbons (Fsp3) is 0.435. The first-order valence-corrected chi connectivity index (χ1v) is 9.83. The molecule has 1 amide bonds. The van der Waals surface area contributed by atoms with Gasteiger partial charge in [-0.1, -0.05) is 56.3 Å². The van der Waals surface area contributed by atoms with Gasteiger partial charge in [0.2, 0.25) is 6.10 Å². The lowest BCUT2D eigenvalue weighted by atomic mass is 10.0. The molecule has 28 heavy (non-hydrogen) atoms. The molecule has 0 aromatic heterocycles. The number of halogens is 1. The van der Waals surface area contributed by atoms with Gasteiger partial charge in [0.25, 0.3) is 5.91 Å². The Bertz CT molecular complexity index is 751. The summed E-state index contributed by atoms with van der Waals surface area (Å²) in [6.07, 6.45) is 0.429. The van der Waals surface area contributed by atoms with Gasteiger partial charge in [-0.05, 0) is 49.5 Å². The van der Waals surface area contributed by atoms with Crippen molar-refractivity contribution in [1.29, 1.82) is 0 Å². The Morgan fingerprint density at radius 3 is 2.54 bits per heavy atom. The Hall–Kier alpha value is -2.04. The first-order valence-electron chi connectivity index (χ1n) is 9.83. The van der Waals surface area contributed by atoms with Crippen LogP contribution in [0.4, 0.5) is 0 Å². The molecule has 0 saturated carbocycles. The van der Waals surface area contributed by atoms with E-state index in [-0.39, 0.29) is 18.3 Å².